The third kappa shape index (κ3) is 4.20. The standard InChI is InChI=1S/C14H25N3O2/c1-11(17-8-7-15-13(18)10-17)14(19)16-9-12-5-3-2-4-6-12/h11-12H,2-10H2,1H3,(H,15,18)(H,16,19)/t11-/m1/s1. The lowest BCUT2D eigenvalue weighted by Crippen LogP contribution is -2.55. The summed E-state index contributed by atoms with van der Waals surface area (Å²) in [4.78, 5) is 25.4. The van der Waals surface area contributed by atoms with E-state index >= 15 is 0 Å². The van der Waals surface area contributed by atoms with Gasteiger partial charge in [0.2, 0.25) is 11.8 Å². The molecule has 5 heteroatoms. The van der Waals surface area contributed by atoms with Crippen LogP contribution in [0.5, 0.6) is 0 Å². The first kappa shape index (κ1) is 14.3. The van der Waals surface area contributed by atoms with Gasteiger partial charge in [-0.05, 0) is 25.7 Å². The number of amides is 2. The molecule has 0 unspecified atom stereocenters. The van der Waals surface area contributed by atoms with Crippen LogP contribution >= 0.6 is 0 Å². The second kappa shape index (κ2) is 6.89. The van der Waals surface area contributed by atoms with Gasteiger partial charge in [-0.3, -0.25) is 14.5 Å². The van der Waals surface area contributed by atoms with Crippen molar-refractivity contribution >= 4 is 11.8 Å². The van der Waals surface area contributed by atoms with Crippen molar-refractivity contribution in [3.63, 3.8) is 0 Å². The lowest BCUT2D eigenvalue weighted by Gasteiger charge is -2.31. The second-order valence-corrected chi connectivity index (χ2v) is 5.75. The summed E-state index contributed by atoms with van der Waals surface area (Å²) in [5, 5.41) is 5.83. The monoisotopic (exact) mass is 267 g/mol. The van der Waals surface area contributed by atoms with Crippen molar-refractivity contribution in [2.75, 3.05) is 26.2 Å². The predicted molar refractivity (Wildman–Crippen MR) is 73.6 cm³/mol. The van der Waals surface area contributed by atoms with Crippen molar-refractivity contribution < 1.29 is 9.59 Å². The molecule has 2 N–H and O–H groups in total. The molecule has 1 saturated heterocycles. The van der Waals surface area contributed by atoms with E-state index in [-0.39, 0.29) is 17.9 Å². The Morgan fingerprint density at radius 1 is 1.42 bits per heavy atom. The molecule has 1 atom stereocenters. The fraction of sp³-hybridized carbons (Fsp3) is 0.857. The molecule has 19 heavy (non-hydrogen) atoms. The Morgan fingerprint density at radius 3 is 2.84 bits per heavy atom. The van der Waals surface area contributed by atoms with E-state index in [9.17, 15) is 9.59 Å². The van der Waals surface area contributed by atoms with Crippen LogP contribution in [-0.4, -0.2) is 48.9 Å². The molecule has 0 spiro atoms. The van der Waals surface area contributed by atoms with E-state index in [0.717, 1.165) is 13.1 Å². The Bertz CT molecular complexity index is 327. The Hall–Kier alpha value is -1.10. The minimum Gasteiger partial charge on any atom is -0.354 e. The molecule has 0 radical (unpaired) electrons. The Morgan fingerprint density at radius 2 is 2.16 bits per heavy atom. The third-order valence-electron chi connectivity index (χ3n) is 4.28. The molecular weight excluding hydrogens is 242 g/mol. The molecule has 108 valence electrons. The molecule has 2 fully saturated rings. The zero-order valence-electron chi connectivity index (χ0n) is 11.8. The number of nitrogens with one attached hydrogen (secondary N) is 2. The van der Waals surface area contributed by atoms with Crippen molar-refractivity contribution in [3.8, 4) is 0 Å². The number of carbonyl (C=O) groups excluding carboxylic acids is 2. The normalized spacial score (nSPS) is 23.7. The average molecular weight is 267 g/mol. The van der Waals surface area contributed by atoms with E-state index in [1.165, 1.54) is 32.1 Å². The highest BCUT2D eigenvalue weighted by Gasteiger charge is 2.26. The summed E-state index contributed by atoms with van der Waals surface area (Å²) in [7, 11) is 0. The smallest absolute Gasteiger partial charge is 0.237 e. The van der Waals surface area contributed by atoms with Gasteiger partial charge in [0, 0.05) is 19.6 Å². The maximum Gasteiger partial charge on any atom is 0.237 e. The van der Waals surface area contributed by atoms with Crippen LogP contribution in [-0.2, 0) is 9.59 Å². The van der Waals surface area contributed by atoms with Crippen molar-refractivity contribution in [1.29, 1.82) is 0 Å². The first-order valence-electron chi connectivity index (χ1n) is 7.45. The molecular formula is C14H25N3O2. The number of carbonyl (C=O) groups is 2. The topological polar surface area (TPSA) is 61.4 Å². The van der Waals surface area contributed by atoms with Gasteiger partial charge >= 0.3 is 0 Å². The summed E-state index contributed by atoms with van der Waals surface area (Å²) in [5.41, 5.74) is 0. The molecule has 2 rings (SSSR count). The van der Waals surface area contributed by atoms with Crippen LogP contribution in [0.15, 0.2) is 0 Å². The van der Waals surface area contributed by atoms with Gasteiger partial charge in [-0.2, -0.15) is 0 Å². The van der Waals surface area contributed by atoms with E-state index < -0.39 is 0 Å². The fourth-order valence-electron chi connectivity index (χ4n) is 2.94. The number of nitrogens with zero attached hydrogens (tertiary/aromatic N) is 1. The number of hydrogen-bond acceptors (Lipinski definition) is 3. The highest BCUT2D eigenvalue weighted by atomic mass is 16.2. The summed E-state index contributed by atoms with van der Waals surface area (Å²) in [6.45, 7) is 4.40. The summed E-state index contributed by atoms with van der Waals surface area (Å²) in [5.74, 6) is 0.716. The second-order valence-electron chi connectivity index (χ2n) is 5.75. The van der Waals surface area contributed by atoms with Crippen molar-refractivity contribution in [2.45, 2.75) is 45.1 Å². The van der Waals surface area contributed by atoms with Crippen molar-refractivity contribution in [2.24, 2.45) is 5.92 Å². The van der Waals surface area contributed by atoms with Gasteiger partial charge < -0.3 is 10.6 Å². The molecule has 5 nitrogen and oxygen atoms in total. The summed E-state index contributed by atoms with van der Waals surface area (Å²) in [6, 6.07) is -0.213. The zero-order valence-corrected chi connectivity index (χ0v) is 11.8. The maximum absolute atomic E-state index is 12.1. The predicted octanol–water partition coefficient (Wildman–Crippen LogP) is 0.503. The van der Waals surface area contributed by atoms with Crippen LogP contribution in [0.2, 0.25) is 0 Å². The zero-order chi connectivity index (χ0) is 13.7. The minimum absolute atomic E-state index is 0.0122. The van der Waals surface area contributed by atoms with Gasteiger partial charge in [-0.1, -0.05) is 19.3 Å². The molecule has 0 aromatic carbocycles. The quantitative estimate of drug-likeness (QED) is 0.780. The SMILES string of the molecule is C[C@H](C(=O)NCC1CCCCC1)N1CCNC(=O)C1. The van der Waals surface area contributed by atoms with E-state index in [4.69, 9.17) is 0 Å². The van der Waals surface area contributed by atoms with Gasteiger partial charge in [0.1, 0.15) is 0 Å². The van der Waals surface area contributed by atoms with Crippen LogP contribution in [0.1, 0.15) is 39.0 Å². The highest BCUT2D eigenvalue weighted by Crippen LogP contribution is 2.22. The first-order valence-corrected chi connectivity index (χ1v) is 7.45. The van der Waals surface area contributed by atoms with E-state index in [0.29, 0.717) is 19.0 Å². The Labute approximate surface area is 115 Å². The summed E-state index contributed by atoms with van der Waals surface area (Å²) < 4.78 is 0. The van der Waals surface area contributed by atoms with Gasteiger partial charge in [-0.15, -0.1) is 0 Å². The highest BCUT2D eigenvalue weighted by molar-refractivity contribution is 5.83. The average Bonchev–Trinajstić information content (AvgIpc) is 2.45. The lowest BCUT2D eigenvalue weighted by atomic mass is 9.89. The molecule has 2 amide bonds. The minimum atomic E-state index is -0.213. The molecule has 0 bridgehead atoms. The van der Waals surface area contributed by atoms with Gasteiger partial charge in [-0.25, -0.2) is 0 Å². The summed E-state index contributed by atoms with van der Waals surface area (Å²) >= 11 is 0. The van der Waals surface area contributed by atoms with Gasteiger partial charge in [0.25, 0.3) is 0 Å². The largest absolute Gasteiger partial charge is 0.354 e. The van der Waals surface area contributed by atoms with Crippen molar-refractivity contribution in [3.05, 3.63) is 0 Å². The Balaban J connectivity index is 1.73. The molecule has 1 heterocycles. The number of hydrogen-bond donors (Lipinski definition) is 2. The molecule has 0 aromatic heterocycles. The van der Waals surface area contributed by atoms with Crippen LogP contribution in [0.3, 0.4) is 0 Å². The fourth-order valence-corrected chi connectivity index (χ4v) is 2.94. The van der Waals surface area contributed by atoms with Crippen LogP contribution in [0.25, 0.3) is 0 Å². The molecule has 0 aromatic rings. The maximum atomic E-state index is 12.1. The molecule has 2 aliphatic rings. The van der Waals surface area contributed by atoms with Crippen LogP contribution in [0, 0.1) is 5.92 Å². The van der Waals surface area contributed by atoms with E-state index in [1.54, 1.807) is 0 Å². The number of rotatable bonds is 4. The summed E-state index contributed by atoms with van der Waals surface area (Å²) in [6.07, 6.45) is 6.40. The molecule has 1 aliphatic heterocycles. The molecule has 1 aliphatic carbocycles. The van der Waals surface area contributed by atoms with Gasteiger partial charge in [0.15, 0.2) is 0 Å². The first-order chi connectivity index (χ1) is 9.16. The van der Waals surface area contributed by atoms with Gasteiger partial charge in [0.05, 0.1) is 12.6 Å². The Kier molecular flexibility index (Phi) is 5.19. The van der Waals surface area contributed by atoms with E-state index in [1.807, 2.05) is 11.8 Å². The third-order valence-corrected chi connectivity index (χ3v) is 4.28. The lowest BCUT2D eigenvalue weighted by molar-refractivity contribution is -0.130. The van der Waals surface area contributed by atoms with E-state index in [2.05, 4.69) is 10.6 Å². The van der Waals surface area contributed by atoms with Crippen LogP contribution < -0.4 is 10.6 Å². The van der Waals surface area contributed by atoms with Crippen molar-refractivity contribution in [1.82, 2.24) is 15.5 Å². The molecule has 1 saturated carbocycles. The number of piperazine rings is 1. The van der Waals surface area contributed by atoms with Crippen LogP contribution in [0.4, 0.5) is 0 Å².